The zero-order valence-corrected chi connectivity index (χ0v) is 19.0. The summed E-state index contributed by atoms with van der Waals surface area (Å²) < 4.78 is 6.24. The Balaban J connectivity index is 0.00000245. The maximum Gasteiger partial charge on any atom is 0.221 e. The molecule has 4 aromatic rings. The van der Waals surface area contributed by atoms with Gasteiger partial charge in [0.25, 0.3) is 0 Å². The molecule has 1 saturated heterocycles. The molecular weight excluding hydrogens is 424 g/mol. The Morgan fingerprint density at radius 1 is 1.22 bits per heavy atom. The Labute approximate surface area is 192 Å². The van der Waals surface area contributed by atoms with Crippen LogP contribution in [0.3, 0.4) is 0 Å². The van der Waals surface area contributed by atoms with Crippen molar-refractivity contribution in [1.29, 1.82) is 0 Å². The molecule has 7 heteroatoms. The highest BCUT2D eigenvalue weighted by atomic mass is 35.5. The van der Waals surface area contributed by atoms with Gasteiger partial charge in [-0.1, -0.05) is 25.1 Å². The second-order valence-electron chi connectivity index (χ2n) is 8.19. The van der Waals surface area contributed by atoms with Crippen molar-refractivity contribution >= 4 is 45.9 Å². The molecule has 0 spiro atoms. The number of nitrogen functional groups attached to an aromatic ring is 1. The molecule has 3 N–H and O–H groups in total. The zero-order chi connectivity index (χ0) is 21.5. The van der Waals surface area contributed by atoms with Gasteiger partial charge in [0.15, 0.2) is 11.1 Å². The van der Waals surface area contributed by atoms with Crippen molar-refractivity contribution in [3.8, 4) is 11.1 Å². The Hall–Kier alpha value is -3.09. The highest BCUT2D eigenvalue weighted by molar-refractivity contribution is 6.00. The molecule has 1 aliphatic rings. The molecule has 166 valence electrons. The molecule has 0 amide bonds. The molecule has 1 atom stereocenters. The molecular formula is C25H27ClN4O2. The van der Waals surface area contributed by atoms with Crippen molar-refractivity contribution in [2.75, 3.05) is 30.3 Å². The first-order valence-electron chi connectivity index (χ1n) is 10.8. The van der Waals surface area contributed by atoms with Crippen molar-refractivity contribution in [1.82, 2.24) is 10.3 Å². The maximum atomic E-state index is 13.2. The molecule has 1 fully saturated rings. The molecule has 0 saturated carbocycles. The minimum absolute atomic E-state index is 0. The monoisotopic (exact) mass is 450 g/mol. The molecule has 3 heterocycles. The van der Waals surface area contributed by atoms with E-state index in [1.165, 1.54) is 5.69 Å². The van der Waals surface area contributed by atoms with Crippen molar-refractivity contribution in [3.05, 3.63) is 64.4 Å². The van der Waals surface area contributed by atoms with Gasteiger partial charge in [-0.2, -0.15) is 0 Å². The van der Waals surface area contributed by atoms with E-state index in [1.807, 2.05) is 0 Å². The van der Waals surface area contributed by atoms with Crippen LogP contribution in [-0.2, 0) is 6.42 Å². The summed E-state index contributed by atoms with van der Waals surface area (Å²) in [6.45, 7) is 7.25. The van der Waals surface area contributed by atoms with Crippen LogP contribution in [0, 0.1) is 0 Å². The van der Waals surface area contributed by atoms with Crippen LogP contribution in [0.25, 0.3) is 33.2 Å². The standard InChI is InChI=1S/C25H26N4O2.ClH/c1-3-16-13-28-23-24(30)22-19(26)5-4-6-20(22)31-25(23)21(16)17-7-9-18(10-8-17)29-12-11-27-15(2)14-29;/h4-10,13,15,27H,3,11-12,14,26H2,1-2H3;1H/t15-;/m0./s1. The van der Waals surface area contributed by atoms with E-state index in [1.54, 1.807) is 24.4 Å². The quantitative estimate of drug-likeness (QED) is 0.356. The second kappa shape index (κ2) is 8.81. The van der Waals surface area contributed by atoms with Crippen LogP contribution in [0.2, 0.25) is 0 Å². The number of aromatic nitrogens is 1. The third-order valence-electron chi connectivity index (χ3n) is 6.10. The SMILES string of the molecule is CCc1cnc2c(=O)c3c(N)cccc3oc2c1-c1ccc(N2CCN[C@@H](C)C2)cc1.Cl. The molecule has 1 aliphatic heterocycles. The third kappa shape index (κ3) is 3.70. The third-order valence-corrected chi connectivity index (χ3v) is 6.10. The lowest BCUT2D eigenvalue weighted by molar-refractivity contribution is 0.485. The molecule has 6 nitrogen and oxygen atoms in total. The Morgan fingerprint density at radius 3 is 2.72 bits per heavy atom. The molecule has 32 heavy (non-hydrogen) atoms. The van der Waals surface area contributed by atoms with Crippen LogP contribution >= 0.6 is 12.4 Å². The lowest BCUT2D eigenvalue weighted by atomic mass is 9.97. The summed E-state index contributed by atoms with van der Waals surface area (Å²) >= 11 is 0. The predicted octanol–water partition coefficient (Wildman–Crippen LogP) is 4.37. The number of nitrogens with two attached hydrogens (primary N) is 1. The number of piperazine rings is 1. The molecule has 0 bridgehead atoms. The smallest absolute Gasteiger partial charge is 0.221 e. The first kappa shape index (κ1) is 22.1. The Morgan fingerprint density at radius 2 is 2.00 bits per heavy atom. The minimum Gasteiger partial charge on any atom is -0.453 e. The van der Waals surface area contributed by atoms with E-state index >= 15 is 0 Å². The van der Waals surface area contributed by atoms with Gasteiger partial charge in [0.05, 0.1) is 5.39 Å². The number of hydrogen-bond donors (Lipinski definition) is 2. The van der Waals surface area contributed by atoms with Gasteiger partial charge in [0.1, 0.15) is 5.58 Å². The largest absolute Gasteiger partial charge is 0.453 e. The number of nitrogens with one attached hydrogen (secondary N) is 1. The highest BCUT2D eigenvalue weighted by Crippen LogP contribution is 2.34. The van der Waals surface area contributed by atoms with E-state index in [9.17, 15) is 4.79 Å². The normalized spacial score (nSPS) is 16.3. The first-order valence-corrected chi connectivity index (χ1v) is 10.8. The molecule has 2 aromatic heterocycles. The Kier molecular flexibility index (Phi) is 6.09. The molecule has 2 aromatic carbocycles. The lowest BCUT2D eigenvalue weighted by Crippen LogP contribution is -2.49. The van der Waals surface area contributed by atoms with Gasteiger partial charge in [-0.15, -0.1) is 12.4 Å². The summed E-state index contributed by atoms with van der Waals surface area (Å²) in [6, 6.07) is 14.3. The fraction of sp³-hybridized carbons (Fsp3) is 0.280. The predicted molar refractivity (Wildman–Crippen MR) is 134 cm³/mol. The molecule has 5 rings (SSSR count). The molecule has 0 aliphatic carbocycles. The summed E-state index contributed by atoms with van der Waals surface area (Å²) in [4.78, 5) is 20.0. The van der Waals surface area contributed by atoms with Crippen molar-refractivity contribution in [2.24, 2.45) is 0 Å². The van der Waals surface area contributed by atoms with Gasteiger partial charge < -0.3 is 20.4 Å². The summed E-state index contributed by atoms with van der Waals surface area (Å²) in [6.07, 6.45) is 2.57. The summed E-state index contributed by atoms with van der Waals surface area (Å²) in [7, 11) is 0. The summed E-state index contributed by atoms with van der Waals surface area (Å²) in [5.74, 6) is 0. The average Bonchev–Trinajstić information content (AvgIpc) is 2.78. The fourth-order valence-corrected chi connectivity index (χ4v) is 4.49. The van der Waals surface area contributed by atoms with Crippen molar-refractivity contribution < 1.29 is 4.42 Å². The van der Waals surface area contributed by atoms with Gasteiger partial charge in [-0.05, 0) is 48.7 Å². The number of hydrogen-bond acceptors (Lipinski definition) is 6. The number of benzene rings is 2. The number of anilines is 2. The van der Waals surface area contributed by atoms with E-state index in [2.05, 4.69) is 53.3 Å². The number of fused-ring (bicyclic) bond motifs is 2. The van der Waals surface area contributed by atoms with E-state index in [0.29, 0.717) is 33.8 Å². The number of halogens is 1. The molecule has 0 radical (unpaired) electrons. The minimum atomic E-state index is -0.190. The van der Waals surface area contributed by atoms with Gasteiger partial charge in [-0.25, -0.2) is 4.98 Å². The first-order chi connectivity index (χ1) is 15.1. The number of rotatable bonds is 3. The lowest BCUT2D eigenvalue weighted by Gasteiger charge is -2.33. The second-order valence-corrected chi connectivity index (χ2v) is 8.19. The Bertz CT molecular complexity index is 1330. The fourth-order valence-electron chi connectivity index (χ4n) is 4.49. The average molecular weight is 451 g/mol. The molecule has 0 unspecified atom stereocenters. The number of nitrogens with zero attached hydrogens (tertiary/aromatic N) is 2. The van der Waals surface area contributed by atoms with Crippen LogP contribution in [0.5, 0.6) is 0 Å². The van der Waals surface area contributed by atoms with Gasteiger partial charge in [-0.3, -0.25) is 4.79 Å². The number of aryl methyl sites for hydroxylation is 1. The maximum absolute atomic E-state index is 13.2. The van der Waals surface area contributed by atoms with E-state index in [0.717, 1.165) is 42.7 Å². The van der Waals surface area contributed by atoms with Crippen LogP contribution in [0.4, 0.5) is 11.4 Å². The van der Waals surface area contributed by atoms with Gasteiger partial charge >= 0.3 is 0 Å². The van der Waals surface area contributed by atoms with E-state index < -0.39 is 0 Å². The van der Waals surface area contributed by atoms with Crippen molar-refractivity contribution in [2.45, 2.75) is 26.3 Å². The zero-order valence-electron chi connectivity index (χ0n) is 18.2. The van der Waals surface area contributed by atoms with Crippen LogP contribution in [-0.4, -0.2) is 30.7 Å². The number of pyridine rings is 1. The highest BCUT2D eigenvalue weighted by Gasteiger charge is 2.19. The van der Waals surface area contributed by atoms with E-state index in [4.69, 9.17) is 10.2 Å². The summed E-state index contributed by atoms with van der Waals surface area (Å²) in [5.41, 5.74) is 11.8. The van der Waals surface area contributed by atoms with Crippen molar-refractivity contribution in [3.63, 3.8) is 0 Å². The van der Waals surface area contributed by atoms with Crippen LogP contribution in [0.15, 0.2) is 57.9 Å². The topological polar surface area (TPSA) is 84.4 Å². The van der Waals surface area contributed by atoms with Crippen LogP contribution in [0.1, 0.15) is 19.4 Å². The van der Waals surface area contributed by atoms with Gasteiger partial charge in [0, 0.05) is 48.8 Å². The van der Waals surface area contributed by atoms with Crippen LogP contribution < -0.4 is 21.4 Å². The summed E-state index contributed by atoms with van der Waals surface area (Å²) in [5, 5.41) is 3.87. The van der Waals surface area contributed by atoms with E-state index in [-0.39, 0.29) is 17.8 Å². The van der Waals surface area contributed by atoms with Gasteiger partial charge in [0.2, 0.25) is 5.43 Å².